The van der Waals surface area contributed by atoms with E-state index < -0.39 is 47.9 Å². The van der Waals surface area contributed by atoms with E-state index in [0.717, 1.165) is 12.8 Å². The summed E-state index contributed by atoms with van der Waals surface area (Å²) >= 11 is 0. The smallest absolute Gasteiger partial charge is 0.408 e. The number of alkyl carbamates (subject to hydrolysis) is 1. The number of primary amides is 1. The molecule has 9 heteroatoms. The van der Waals surface area contributed by atoms with E-state index in [0.29, 0.717) is 17.7 Å². The molecular formula is C26H36N4O5. The van der Waals surface area contributed by atoms with Crippen LogP contribution in [0.15, 0.2) is 36.9 Å². The molecule has 0 heterocycles. The van der Waals surface area contributed by atoms with Crippen LogP contribution in [-0.2, 0) is 19.1 Å². The molecule has 0 spiro atoms. The summed E-state index contributed by atoms with van der Waals surface area (Å²) in [7, 11) is 0. The fourth-order valence-electron chi connectivity index (χ4n) is 3.32. The molecule has 1 rings (SSSR count). The van der Waals surface area contributed by atoms with Crippen LogP contribution in [-0.4, -0.2) is 53.4 Å². The van der Waals surface area contributed by atoms with Gasteiger partial charge in [-0.25, -0.2) is 4.79 Å². The summed E-state index contributed by atoms with van der Waals surface area (Å²) in [6.45, 7) is 11.0. The van der Waals surface area contributed by atoms with Gasteiger partial charge in [-0.05, 0) is 38.8 Å². The van der Waals surface area contributed by atoms with Gasteiger partial charge in [0.05, 0.1) is 6.42 Å². The molecule has 0 aromatic heterocycles. The number of nitrogens with two attached hydrogens (primary N) is 1. The van der Waals surface area contributed by atoms with E-state index in [1.54, 1.807) is 45.0 Å². The summed E-state index contributed by atoms with van der Waals surface area (Å²) in [4.78, 5) is 52.4. The Morgan fingerprint density at radius 3 is 2.46 bits per heavy atom. The lowest BCUT2D eigenvalue weighted by atomic mass is 9.97. The van der Waals surface area contributed by atoms with Crippen LogP contribution in [0, 0.1) is 12.3 Å². The van der Waals surface area contributed by atoms with Gasteiger partial charge in [-0.1, -0.05) is 43.5 Å². The molecule has 2 unspecified atom stereocenters. The Hall–Kier alpha value is -3.80. The van der Waals surface area contributed by atoms with Gasteiger partial charge in [-0.3, -0.25) is 14.4 Å². The van der Waals surface area contributed by atoms with Crippen molar-refractivity contribution in [1.82, 2.24) is 15.5 Å². The Morgan fingerprint density at radius 2 is 1.91 bits per heavy atom. The van der Waals surface area contributed by atoms with Crippen LogP contribution in [0.2, 0.25) is 0 Å². The van der Waals surface area contributed by atoms with Gasteiger partial charge >= 0.3 is 6.09 Å². The van der Waals surface area contributed by atoms with Crippen LogP contribution in [0.4, 0.5) is 4.79 Å². The predicted molar refractivity (Wildman–Crippen MR) is 134 cm³/mol. The SMILES string of the molecule is C#Cc1ccccc1C(C(=O)NCCCC)N(CC=C)C(=O)C(CC(N)=O)NC(=O)OC(C)(C)C. The summed E-state index contributed by atoms with van der Waals surface area (Å²) in [5.41, 5.74) is 5.37. The van der Waals surface area contributed by atoms with E-state index in [1.807, 2.05) is 6.92 Å². The van der Waals surface area contributed by atoms with Crippen molar-refractivity contribution >= 4 is 23.8 Å². The topological polar surface area (TPSA) is 131 Å². The van der Waals surface area contributed by atoms with Gasteiger partial charge in [0.2, 0.25) is 17.7 Å². The lowest BCUT2D eigenvalue weighted by Crippen LogP contribution is -2.54. The van der Waals surface area contributed by atoms with Gasteiger partial charge in [0, 0.05) is 18.7 Å². The lowest BCUT2D eigenvalue weighted by molar-refractivity contribution is -0.142. The zero-order valence-corrected chi connectivity index (χ0v) is 20.9. The molecule has 1 aromatic rings. The Morgan fingerprint density at radius 1 is 1.26 bits per heavy atom. The molecule has 4 amide bonds. The Bertz CT molecular complexity index is 961. The van der Waals surface area contributed by atoms with E-state index in [1.165, 1.54) is 11.0 Å². The number of carbonyl (C=O) groups is 4. The molecule has 9 nitrogen and oxygen atoms in total. The van der Waals surface area contributed by atoms with E-state index >= 15 is 0 Å². The van der Waals surface area contributed by atoms with Crippen LogP contribution in [0.25, 0.3) is 0 Å². The maximum absolute atomic E-state index is 13.7. The first-order chi connectivity index (χ1) is 16.4. The second kappa shape index (κ2) is 13.8. The van der Waals surface area contributed by atoms with Crippen LogP contribution < -0.4 is 16.4 Å². The Labute approximate surface area is 207 Å². The molecule has 4 N–H and O–H groups in total. The fraction of sp³-hybridized carbons (Fsp3) is 0.462. The largest absolute Gasteiger partial charge is 0.444 e. The zero-order chi connectivity index (χ0) is 26.6. The molecule has 0 saturated carbocycles. The van der Waals surface area contributed by atoms with Gasteiger partial charge in [-0.15, -0.1) is 13.0 Å². The van der Waals surface area contributed by atoms with E-state index in [4.69, 9.17) is 16.9 Å². The van der Waals surface area contributed by atoms with Gasteiger partial charge < -0.3 is 26.0 Å². The zero-order valence-electron chi connectivity index (χ0n) is 20.9. The monoisotopic (exact) mass is 484 g/mol. The number of hydrogen-bond acceptors (Lipinski definition) is 5. The molecule has 1 aromatic carbocycles. The van der Waals surface area contributed by atoms with Crippen molar-refractivity contribution in [3.05, 3.63) is 48.0 Å². The number of carbonyl (C=O) groups excluding carboxylic acids is 4. The number of amides is 4. The van der Waals surface area contributed by atoms with Crippen molar-refractivity contribution in [2.24, 2.45) is 5.73 Å². The number of rotatable bonds is 12. The van der Waals surface area contributed by atoms with Crippen molar-refractivity contribution in [1.29, 1.82) is 0 Å². The lowest BCUT2D eigenvalue weighted by Gasteiger charge is -2.34. The third kappa shape index (κ3) is 9.53. The quantitative estimate of drug-likeness (QED) is 0.238. The first kappa shape index (κ1) is 29.2. The number of nitrogens with one attached hydrogen (secondary N) is 2. The molecule has 0 bridgehead atoms. The van der Waals surface area contributed by atoms with Gasteiger partial charge in [0.1, 0.15) is 17.7 Å². The second-order valence-corrected chi connectivity index (χ2v) is 8.93. The van der Waals surface area contributed by atoms with Crippen LogP contribution in [0.3, 0.4) is 0 Å². The first-order valence-corrected chi connectivity index (χ1v) is 11.5. The number of hydrogen-bond donors (Lipinski definition) is 3. The summed E-state index contributed by atoms with van der Waals surface area (Å²) in [6.07, 6.45) is 7.33. The number of benzene rings is 1. The van der Waals surface area contributed by atoms with Gasteiger partial charge in [0.15, 0.2) is 0 Å². The summed E-state index contributed by atoms with van der Waals surface area (Å²) in [6, 6.07) is 4.25. The summed E-state index contributed by atoms with van der Waals surface area (Å²) < 4.78 is 5.24. The van der Waals surface area contributed by atoms with Gasteiger partial charge in [0.25, 0.3) is 0 Å². The predicted octanol–water partition coefficient (Wildman–Crippen LogP) is 2.41. The molecular weight excluding hydrogens is 448 g/mol. The standard InChI is InChI=1S/C26H36N4O5/c1-7-10-15-28-23(32)22(19-14-12-11-13-18(19)9-3)30(16-8-2)24(33)20(17-21(27)31)29-25(34)35-26(4,5)6/h3,8,11-14,20,22H,2,7,10,15-17H2,1,4-6H3,(H2,27,31)(H,28,32)(H,29,34). The van der Waals surface area contributed by atoms with Crippen LogP contribution in [0.1, 0.15) is 64.1 Å². The highest BCUT2D eigenvalue weighted by Gasteiger charge is 2.37. The summed E-state index contributed by atoms with van der Waals surface area (Å²) in [5, 5.41) is 5.25. The highest BCUT2D eigenvalue weighted by atomic mass is 16.6. The molecule has 0 aliphatic carbocycles. The minimum atomic E-state index is -1.37. The van der Waals surface area contributed by atoms with Crippen molar-refractivity contribution < 1.29 is 23.9 Å². The molecule has 190 valence electrons. The number of ether oxygens (including phenoxy) is 1. The molecule has 35 heavy (non-hydrogen) atoms. The average Bonchev–Trinajstić information content (AvgIpc) is 2.76. The van der Waals surface area contributed by atoms with Crippen molar-refractivity contribution in [3.63, 3.8) is 0 Å². The van der Waals surface area contributed by atoms with E-state index in [9.17, 15) is 19.2 Å². The Kier molecular flexibility index (Phi) is 11.5. The van der Waals surface area contributed by atoms with Crippen LogP contribution in [0.5, 0.6) is 0 Å². The van der Waals surface area contributed by atoms with E-state index in [2.05, 4.69) is 23.1 Å². The molecule has 0 fully saturated rings. The normalized spacial score (nSPS) is 12.4. The van der Waals surface area contributed by atoms with Crippen LogP contribution >= 0.6 is 0 Å². The maximum atomic E-state index is 13.7. The van der Waals surface area contributed by atoms with Crippen molar-refractivity contribution in [2.45, 2.75) is 64.6 Å². The molecule has 0 radical (unpaired) electrons. The average molecular weight is 485 g/mol. The number of terminal acetylenes is 1. The maximum Gasteiger partial charge on any atom is 0.408 e. The molecule has 0 saturated heterocycles. The Balaban J connectivity index is 3.49. The minimum Gasteiger partial charge on any atom is -0.444 e. The van der Waals surface area contributed by atoms with Crippen molar-refractivity contribution in [3.8, 4) is 12.3 Å². The third-order valence-corrected chi connectivity index (χ3v) is 4.80. The fourth-order valence-corrected chi connectivity index (χ4v) is 3.32. The van der Waals surface area contributed by atoms with Gasteiger partial charge in [-0.2, -0.15) is 0 Å². The summed E-state index contributed by atoms with van der Waals surface area (Å²) in [5.74, 6) is 0.568. The number of nitrogens with zero attached hydrogens (tertiary/aromatic N) is 1. The highest BCUT2D eigenvalue weighted by molar-refractivity contribution is 5.94. The molecule has 0 aliphatic heterocycles. The molecule has 2 atom stereocenters. The highest BCUT2D eigenvalue weighted by Crippen LogP contribution is 2.26. The minimum absolute atomic E-state index is 0.0607. The third-order valence-electron chi connectivity index (χ3n) is 4.80. The first-order valence-electron chi connectivity index (χ1n) is 11.5. The molecule has 0 aliphatic rings. The van der Waals surface area contributed by atoms with Crippen molar-refractivity contribution in [2.75, 3.05) is 13.1 Å². The number of unbranched alkanes of at least 4 members (excludes halogenated alkanes) is 1. The van der Waals surface area contributed by atoms with E-state index in [-0.39, 0.29) is 6.54 Å². The second-order valence-electron chi connectivity index (χ2n) is 8.93.